The van der Waals surface area contributed by atoms with E-state index in [2.05, 4.69) is 0 Å². The summed E-state index contributed by atoms with van der Waals surface area (Å²) in [5.74, 6) is 0.798. The first-order chi connectivity index (χ1) is 7.54. The van der Waals surface area contributed by atoms with Crippen LogP contribution >= 0.6 is 11.6 Å². The van der Waals surface area contributed by atoms with E-state index in [1.807, 2.05) is 26.0 Å². The van der Waals surface area contributed by atoms with E-state index in [0.717, 1.165) is 16.9 Å². The lowest BCUT2D eigenvalue weighted by molar-refractivity contribution is -0.0165. The molecule has 0 saturated carbocycles. The molecule has 88 valence electrons. The fraction of sp³-hybridized carbons (Fsp3) is 0.500. The summed E-state index contributed by atoms with van der Waals surface area (Å²) in [4.78, 5) is 0. The molecule has 0 bridgehead atoms. The molecule has 2 rings (SSSR count). The van der Waals surface area contributed by atoms with Crippen molar-refractivity contribution in [1.82, 2.24) is 0 Å². The van der Waals surface area contributed by atoms with Gasteiger partial charge >= 0.3 is 0 Å². The van der Waals surface area contributed by atoms with E-state index in [0.29, 0.717) is 11.6 Å². The first-order valence-corrected chi connectivity index (χ1v) is 5.57. The molecule has 16 heavy (non-hydrogen) atoms. The van der Waals surface area contributed by atoms with Crippen molar-refractivity contribution < 1.29 is 14.6 Å². The number of benzene rings is 1. The van der Waals surface area contributed by atoms with Crippen LogP contribution in [0, 0.1) is 0 Å². The molecule has 4 heteroatoms. The van der Waals surface area contributed by atoms with Crippen LogP contribution in [0.5, 0.6) is 5.75 Å². The molecule has 0 fully saturated rings. The highest BCUT2D eigenvalue weighted by Crippen LogP contribution is 2.36. The predicted molar refractivity (Wildman–Crippen MR) is 61.8 cm³/mol. The lowest BCUT2D eigenvalue weighted by atomic mass is 9.85. The zero-order valence-corrected chi connectivity index (χ0v) is 10.2. The minimum atomic E-state index is -0.367. The highest BCUT2D eigenvalue weighted by Gasteiger charge is 2.25. The van der Waals surface area contributed by atoms with Crippen molar-refractivity contribution in [3.8, 4) is 5.75 Å². The molecule has 1 aliphatic heterocycles. The number of rotatable bonds is 2. The molecule has 0 radical (unpaired) electrons. The molecule has 1 aliphatic rings. The van der Waals surface area contributed by atoms with Gasteiger partial charge in [-0.15, -0.1) is 0 Å². The smallest absolute Gasteiger partial charge is 0.189 e. The van der Waals surface area contributed by atoms with Crippen molar-refractivity contribution in [2.75, 3.05) is 13.4 Å². The zero-order valence-electron chi connectivity index (χ0n) is 9.42. The van der Waals surface area contributed by atoms with Crippen LogP contribution in [-0.2, 0) is 16.8 Å². The summed E-state index contributed by atoms with van der Waals surface area (Å²) in [6.07, 6.45) is 0. The zero-order chi connectivity index (χ0) is 11.8. The second kappa shape index (κ2) is 4.24. The van der Waals surface area contributed by atoms with Gasteiger partial charge < -0.3 is 14.6 Å². The molecule has 0 amide bonds. The first kappa shape index (κ1) is 11.7. The summed E-state index contributed by atoms with van der Waals surface area (Å²) in [5.41, 5.74) is 1.49. The van der Waals surface area contributed by atoms with Gasteiger partial charge in [0.2, 0.25) is 0 Å². The quantitative estimate of drug-likeness (QED) is 0.866. The third-order valence-corrected chi connectivity index (χ3v) is 3.14. The van der Waals surface area contributed by atoms with Crippen molar-refractivity contribution in [1.29, 1.82) is 0 Å². The Bertz CT molecular complexity index is 401. The minimum absolute atomic E-state index is 0.0437. The number of halogens is 1. The van der Waals surface area contributed by atoms with Crippen LogP contribution in [0.15, 0.2) is 12.1 Å². The van der Waals surface area contributed by atoms with Gasteiger partial charge in [0.1, 0.15) is 5.75 Å². The Kier molecular flexibility index (Phi) is 3.10. The van der Waals surface area contributed by atoms with Crippen LogP contribution in [-0.4, -0.2) is 18.5 Å². The van der Waals surface area contributed by atoms with Gasteiger partial charge in [-0.05, 0) is 17.7 Å². The second-order valence-corrected chi connectivity index (χ2v) is 5.00. The Morgan fingerprint density at radius 3 is 2.88 bits per heavy atom. The van der Waals surface area contributed by atoms with Crippen molar-refractivity contribution >= 4 is 11.6 Å². The number of hydrogen-bond acceptors (Lipinski definition) is 3. The van der Waals surface area contributed by atoms with Gasteiger partial charge in [0, 0.05) is 16.0 Å². The number of aliphatic hydroxyl groups excluding tert-OH is 1. The summed E-state index contributed by atoms with van der Waals surface area (Å²) in [6, 6.07) is 3.75. The molecular weight excluding hydrogens is 228 g/mol. The maximum Gasteiger partial charge on any atom is 0.189 e. The molecule has 1 aromatic rings. The molecule has 0 unspecified atom stereocenters. The van der Waals surface area contributed by atoms with Gasteiger partial charge in [0.05, 0.1) is 13.2 Å². The molecule has 0 aromatic heterocycles. The van der Waals surface area contributed by atoms with E-state index < -0.39 is 0 Å². The van der Waals surface area contributed by atoms with Crippen molar-refractivity contribution in [2.45, 2.75) is 25.9 Å². The first-order valence-electron chi connectivity index (χ1n) is 5.19. The van der Waals surface area contributed by atoms with Crippen LogP contribution in [0.4, 0.5) is 0 Å². The predicted octanol–water partition coefficient (Wildman–Crippen LogP) is 2.48. The Morgan fingerprint density at radius 1 is 1.44 bits per heavy atom. The summed E-state index contributed by atoms with van der Waals surface area (Å²) < 4.78 is 10.6. The number of aliphatic hydroxyl groups is 1. The van der Waals surface area contributed by atoms with E-state index in [4.69, 9.17) is 21.1 Å². The van der Waals surface area contributed by atoms with Crippen molar-refractivity contribution in [3.63, 3.8) is 0 Å². The Balaban J connectivity index is 2.47. The summed E-state index contributed by atoms with van der Waals surface area (Å²) in [7, 11) is 0. The maximum atomic E-state index is 9.35. The molecule has 3 nitrogen and oxygen atoms in total. The SMILES string of the molecule is CC(C)(CO)c1cc2c(cc1Cl)COCO2. The van der Waals surface area contributed by atoms with E-state index in [-0.39, 0.29) is 18.8 Å². The van der Waals surface area contributed by atoms with Gasteiger partial charge in [0.25, 0.3) is 0 Å². The topological polar surface area (TPSA) is 38.7 Å². The Morgan fingerprint density at radius 2 is 2.19 bits per heavy atom. The Hall–Kier alpha value is -0.770. The lowest BCUT2D eigenvalue weighted by Gasteiger charge is -2.26. The number of ether oxygens (including phenoxy) is 2. The fourth-order valence-corrected chi connectivity index (χ4v) is 2.14. The van der Waals surface area contributed by atoms with E-state index >= 15 is 0 Å². The van der Waals surface area contributed by atoms with Crippen LogP contribution in [0.25, 0.3) is 0 Å². The standard InChI is InChI=1S/C12H15ClO3/c1-12(2,6-14)9-4-11-8(3-10(9)13)5-15-7-16-11/h3-4,14H,5-7H2,1-2H3. The van der Waals surface area contributed by atoms with Crippen LogP contribution in [0.2, 0.25) is 5.02 Å². The molecule has 0 aliphatic carbocycles. The third kappa shape index (κ3) is 2.03. The van der Waals surface area contributed by atoms with Gasteiger partial charge in [-0.2, -0.15) is 0 Å². The van der Waals surface area contributed by atoms with Crippen LogP contribution in [0.3, 0.4) is 0 Å². The minimum Gasteiger partial charge on any atom is -0.467 e. The monoisotopic (exact) mass is 242 g/mol. The lowest BCUT2D eigenvalue weighted by Crippen LogP contribution is -2.23. The molecular formula is C12H15ClO3. The summed E-state index contributed by atoms with van der Waals surface area (Å²) >= 11 is 6.20. The van der Waals surface area contributed by atoms with Crippen LogP contribution < -0.4 is 4.74 Å². The summed E-state index contributed by atoms with van der Waals surface area (Å²) in [5, 5.41) is 10.00. The largest absolute Gasteiger partial charge is 0.467 e. The molecule has 1 aromatic carbocycles. The average Bonchev–Trinajstić information content (AvgIpc) is 2.28. The Labute approximate surface area is 99.9 Å². The van der Waals surface area contributed by atoms with Gasteiger partial charge in [0.15, 0.2) is 6.79 Å². The molecule has 1 N–H and O–H groups in total. The van der Waals surface area contributed by atoms with Gasteiger partial charge in [-0.25, -0.2) is 0 Å². The highest BCUT2D eigenvalue weighted by atomic mass is 35.5. The van der Waals surface area contributed by atoms with E-state index in [1.165, 1.54) is 0 Å². The molecule has 0 saturated heterocycles. The molecule has 0 spiro atoms. The molecule has 0 atom stereocenters. The number of hydrogen-bond donors (Lipinski definition) is 1. The fourth-order valence-electron chi connectivity index (χ4n) is 1.70. The molecule has 1 heterocycles. The maximum absolute atomic E-state index is 9.35. The highest BCUT2D eigenvalue weighted by molar-refractivity contribution is 6.31. The van der Waals surface area contributed by atoms with Crippen LogP contribution in [0.1, 0.15) is 25.0 Å². The van der Waals surface area contributed by atoms with E-state index in [1.54, 1.807) is 0 Å². The third-order valence-electron chi connectivity index (χ3n) is 2.83. The summed E-state index contributed by atoms with van der Waals surface area (Å²) in [6.45, 7) is 4.73. The second-order valence-electron chi connectivity index (χ2n) is 4.59. The van der Waals surface area contributed by atoms with Gasteiger partial charge in [-0.1, -0.05) is 25.4 Å². The van der Waals surface area contributed by atoms with Gasteiger partial charge in [-0.3, -0.25) is 0 Å². The van der Waals surface area contributed by atoms with Crippen molar-refractivity contribution in [2.24, 2.45) is 0 Å². The van der Waals surface area contributed by atoms with E-state index in [9.17, 15) is 5.11 Å². The normalized spacial score (nSPS) is 15.5. The number of fused-ring (bicyclic) bond motifs is 1. The average molecular weight is 243 g/mol. The van der Waals surface area contributed by atoms with Crippen molar-refractivity contribution in [3.05, 3.63) is 28.3 Å².